The Labute approximate surface area is 121 Å². The van der Waals surface area contributed by atoms with Crippen LogP contribution in [0.15, 0.2) is 40.2 Å². The van der Waals surface area contributed by atoms with Crippen molar-refractivity contribution in [3.8, 4) is 5.75 Å². The predicted octanol–water partition coefficient (Wildman–Crippen LogP) is 4.39. The minimum absolute atomic E-state index is 0.0878. The third-order valence-corrected chi connectivity index (χ3v) is 4.23. The van der Waals surface area contributed by atoms with Crippen molar-refractivity contribution in [2.24, 2.45) is 0 Å². The van der Waals surface area contributed by atoms with Crippen molar-refractivity contribution in [2.75, 3.05) is 0 Å². The minimum atomic E-state index is -2.83. The summed E-state index contributed by atoms with van der Waals surface area (Å²) in [7, 11) is 0. The summed E-state index contributed by atoms with van der Waals surface area (Å²) in [6.45, 7) is -2.83. The Morgan fingerprint density at radius 3 is 2.47 bits per heavy atom. The van der Waals surface area contributed by atoms with Gasteiger partial charge in [-0.25, -0.2) is 0 Å². The summed E-state index contributed by atoms with van der Waals surface area (Å²) < 4.78 is 29.2. The van der Waals surface area contributed by atoms with Gasteiger partial charge in [-0.15, -0.1) is 11.3 Å². The third-order valence-electron chi connectivity index (χ3n) is 2.51. The monoisotopic (exact) mass is 348 g/mol. The van der Waals surface area contributed by atoms with Gasteiger partial charge in [0.15, 0.2) is 0 Å². The van der Waals surface area contributed by atoms with Crippen LogP contribution in [0.25, 0.3) is 0 Å². The number of benzene rings is 1. The van der Waals surface area contributed by atoms with E-state index < -0.39 is 12.7 Å². The maximum atomic E-state index is 12.0. The number of rotatable bonds is 5. The Morgan fingerprint density at radius 2 is 1.95 bits per heavy atom. The van der Waals surface area contributed by atoms with Gasteiger partial charge in [-0.1, -0.05) is 12.1 Å². The molecule has 1 unspecified atom stereocenters. The van der Waals surface area contributed by atoms with E-state index >= 15 is 0 Å². The zero-order valence-electron chi connectivity index (χ0n) is 9.72. The Balaban J connectivity index is 2.01. The molecule has 0 saturated heterocycles. The first kappa shape index (κ1) is 14.4. The molecule has 0 bridgehead atoms. The van der Waals surface area contributed by atoms with Crippen LogP contribution in [0.1, 0.15) is 16.5 Å². The van der Waals surface area contributed by atoms with Crippen molar-refractivity contribution in [1.82, 2.24) is 0 Å². The van der Waals surface area contributed by atoms with Gasteiger partial charge in [0.2, 0.25) is 0 Å². The number of aliphatic hydroxyl groups excluding tert-OH is 1. The first-order chi connectivity index (χ1) is 9.04. The van der Waals surface area contributed by atoms with Crippen LogP contribution in [0.2, 0.25) is 0 Å². The van der Waals surface area contributed by atoms with Gasteiger partial charge in [0, 0.05) is 21.2 Å². The van der Waals surface area contributed by atoms with Crippen LogP contribution in [-0.4, -0.2) is 11.7 Å². The van der Waals surface area contributed by atoms with Gasteiger partial charge < -0.3 is 9.84 Å². The average Bonchev–Trinajstić information content (AvgIpc) is 2.75. The van der Waals surface area contributed by atoms with E-state index in [2.05, 4.69) is 20.7 Å². The smallest absolute Gasteiger partial charge is 0.387 e. The maximum absolute atomic E-state index is 12.0. The van der Waals surface area contributed by atoms with Crippen molar-refractivity contribution < 1.29 is 18.6 Å². The van der Waals surface area contributed by atoms with Gasteiger partial charge in [0.05, 0.1) is 6.10 Å². The highest BCUT2D eigenvalue weighted by Crippen LogP contribution is 2.26. The molecular formula is C13H11BrF2O2S. The molecule has 0 aliphatic heterocycles. The first-order valence-electron chi connectivity index (χ1n) is 5.50. The maximum Gasteiger partial charge on any atom is 0.387 e. The molecule has 1 heterocycles. The number of hydrogen-bond acceptors (Lipinski definition) is 3. The molecule has 0 aliphatic rings. The first-order valence-corrected chi connectivity index (χ1v) is 7.17. The molecule has 0 saturated carbocycles. The second-order valence-corrected chi connectivity index (χ2v) is 5.81. The summed E-state index contributed by atoms with van der Waals surface area (Å²) in [6, 6.07) is 7.97. The lowest BCUT2D eigenvalue weighted by Gasteiger charge is -2.11. The van der Waals surface area contributed by atoms with E-state index in [-0.39, 0.29) is 5.75 Å². The zero-order chi connectivity index (χ0) is 13.8. The van der Waals surface area contributed by atoms with Crippen LogP contribution in [0.5, 0.6) is 5.75 Å². The number of halogens is 3. The number of aliphatic hydroxyl groups is 1. The van der Waals surface area contributed by atoms with Crippen LogP contribution < -0.4 is 4.74 Å². The summed E-state index contributed by atoms with van der Waals surface area (Å²) in [5.41, 5.74) is 0.672. The Hall–Kier alpha value is -0.980. The molecule has 2 rings (SSSR count). The standard InChI is InChI=1S/C13H11BrF2O2S/c14-9-5-11(19-7-9)6-12(17)8-1-3-10(4-2-8)18-13(15)16/h1-5,7,12-13,17H,6H2. The van der Waals surface area contributed by atoms with E-state index in [4.69, 9.17) is 0 Å². The van der Waals surface area contributed by atoms with Crippen LogP contribution in [0.3, 0.4) is 0 Å². The van der Waals surface area contributed by atoms with Gasteiger partial charge in [-0.05, 0) is 39.7 Å². The summed E-state index contributed by atoms with van der Waals surface area (Å²) >= 11 is 4.91. The second-order valence-electron chi connectivity index (χ2n) is 3.90. The van der Waals surface area contributed by atoms with E-state index in [1.54, 1.807) is 23.5 Å². The molecular weight excluding hydrogens is 338 g/mol. The van der Waals surface area contributed by atoms with E-state index in [1.165, 1.54) is 12.1 Å². The Bertz CT molecular complexity index is 528. The molecule has 2 aromatic rings. The van der Waals surface area contributed by atoms with Gasteiger partial charge in [-0.3, -0.25) is 0 Å². The van der Waals surface area contributed by atoms with Gasteiger partial charge in [0.25, 0.3) is 0 Å². The number of thiophene rings is 1. The van der Waals surface area contributed by atoms with Crippen LogP contribution >= 0.6 is 27.3 Å². The molecule has 1 atom stereocenters. The molecule has 0 fully saturated rings. The molecule has 1 aromatic carbocycles. The summed E-state index contributed by atoms with van der Waals surface area (Å²) in [5, 5.41) is 12.0. The average molecular weight is 349 g/mol. The van der Waals surface area contributed by atoms with Crippen molar-refractivity contribution in [1.29, 1.82) is 0 Å². The highest BCUT2D eigenvalue weighted by molar-refractivity contribution is 9.10. The van der Waals surface area contributed by atoms with Crippen LogP contribution in [-0.2, 0) is 6.42 Å². The van der Waals surface area contributed by atoms with E-state index in [0.717, 1.165) is 9.35 Å². The van der Waals surface area contributed by atoms with Gasteiger partial charge in [0.1, 0.15) is 5.75 Å². The zero-order valence-corrected chi connectivity index (χ0v) is 12.1. The SMILES string of the molecule is OC(Cc1cc(Br)cs1)c1ccc(OC(F)F)cc1. The summed E-state index contributed by atoms with van der Waals surface area (Å²) in [4.78, 5) is 1.05. The highest BCUT2D eigenvalue weighted by atomic mass is 79.9. The normalized spacial score (nSPS) is 12.7. The largest absolute Gasteiger partial charge is 0.435 e. The molecule has 102 valence electrons. The fraction of sp³-hybridized carbons (Fsp3) is 0.231. The van der Waals surface area contributed by atoms with E-state index in [9.17, 15) is 13.9 Å². The van der Waals surface area contributed by atoms with Crippen LogP contribution in [0, 0.1) is 0 Å². The highest BCUT2D eigenvalue weighted by Gasteiger charge is 2.11. The Morgan fingerprint density at radius 1 is 1.26 bits per heavy atom. The lowest BCUT2D eigenvalue weighted by Crippen LogP contribution is -2.03. The third kappa shape index (κ3) is 4.26. The minimum Gasteiger partial charge on any atom is -0.435 e. The molecule has 0 aliphatic carbocycles. The van der Waals surface area contributed by atoms with Crippen molar-refractivity contribution >= 4 is 27.3 Å². The van der Waals surface area contributed by atoms with E-state index in [0.29, 0.717) is 12.0 Å². The summed E-state index contributed by atoms with van der Waals surface area (Å²) in [6.07, 6.45) is -0.170. The van der Waals surface area contributed by atoms with Crippen molar-refractivity contribution in [3.05, 3.63) is 50.6 Å². The topological polar surface area (TPSA) is 29.5 Å². The van der Waals surface area contributed by atoms with Crippen molar-refractivity contribution in [2.45, 2.75) is 19.1 Å². The van der Waals surface area contributed by atoms with E-state index in [1.807, 2.05) is 11.4 Å². The quantitative estimate of drug-likeness (QED) is 0.868. The Kier molecular flexibility index (Phi) is 4.90. The van der Waals surface area contributed by atoms with Crippen LogP contribution in [0.4, 0.5) is 8.78 Å². The lowest BCUT2D eigenvalue weighted by molar-refractivity contribution is -0.0498. The molecule has 19 heavy (non-hydrogen) atoms. The molecule has 0 radical (unpaired) electrons. The summed E-state index contributed by atoms with van der Waals surface area (Å²) in [5.74, 6) is 0.0878. The second kappa shape index (κ2) is 6.45. The van der Waals surface area contributed by atoms with Crippen molar-refractivity contribution in [3.63, 3.8) is 0 Å². The molecule has 1 aromatic heterocycles. The fourth-order valence-electron chi connectivity index (χ4n) is 1.64. The van der Waals surface area contributed by atoms with Gasteiger partial charge in [-0.2, -0.15) is 8.78 Å². The number of ether oxygens (including phenoxy) is 1. The number of alkyl halides is 2. The predicted molar refractivity (Wildman–Crippen MR) is 73.8 cm³/mol. The lowest BCUT2D eigenvalue weighted by atomic mass is 10.1. The molecule has 0 amide bonds. The number of hydrogen-bond donors (Lipinski definition) is 1. The fourth-order valence-corrected chi connectivity index (χ4v) is 3.13. The molecule has 1 N–H and O–H groups in total. The molecule has 0 spiro atoms. The molecule has 6 heteroatoms. The molecule has 2 nitrogen and oxygen atoms in total. The van der Waals surface area contributed by atoms with Gasteiger partial charge >= 0.3 is 6.61 Å².